The molecule has 11 heteroatoms. The van der Waals surface area contributed by atoms with Gasteiger partial charge in [-0.05, 0) is 96.6 Å². The van der Waals surface area contributed by atoms with Gasteiger partial charge in [-0.1, -0.05) is 78.5 Å². The van der Waals surface area contributed by atoms with Gasteiger partial charge >= 0.3 is 27.9 Å². The van der Waals surface area contributed by atoms with Gasteiger partial charge in [0.1, 0.15) is 5.65 Å². The molecular weight excluding hydrogens is 628 g/mol. The van der Waals surface area contributed by atoms with Gasteiger partial charge in [0.25, 0.3) is 0 Å². The SMILES string of the molecule is C1=CB2N(C=C1)B1C=CC=CN1B1C=C(c3cccc4c3sc3ccc(-n5c6ccccc6c6cccnc65)cc34)C=CN1B1C=CC=CN21. The minimum Gasteiger partial charge on any atom is -0.423 e. The zero-order valence-corrected chi connectivity index (χ0v) is 27.9. The lowest BCUT2D eigenvalue weighted by molar-refractivity contribution is 0.622. The lowest BCUT2D eigenvalue weighted by Crippen LogP contribution is -2.73. The maximum absolute atomic E-state index is 4.83. The van der Waals surface area contributed by atoms with E-state index in [4.69, 9.17) is 4.98 Å². The van der Waals surface area contributed by atoms with E-state index >= 15 is 0 Å². The van der Waals surface area contributed by atoms with E-state index in [1.54, 1.807) is 0 Å². The number of hydrogen-bond donors (Lipinski definition) is 0. The molecule has 6 nitrogen and oxygen atoms in total. The van der Waals surface area contributed by atoms with E-state index < -0.39 is 0 Å². The van der Waals surface area contributed by atoms with Crippen molar-refractivity contribution < 1.29 is 0 Å². The lowest BCUT2D eigenvalue weighted by Gasteiger charge is -2.53. The predicted octanol–water partition coefficient (Wildman–Crippen LogP) is 8.04. The molecule has 1 saturated heterocycles. The van der Waals surface area contributed by atoms with Crippen LogP contribution in [0.2, 0.25) is 0 Å². The van der Waals surface area contributed by atoms with Crippen LogP contribution in [0.4, 0.5) is 0 Å². The molecule has 0 spiro atoms. The normalized spacial score (nSPS) is 17.6. The van der Waals surface area contributed by atoms with Gasteiger partial charge in [0.15, 0.2) is 0 Å². The van der Waals surface area contributed by atoms with Crippen molar-refractivity contribution in [3.05, 3.63) is 176 Å². The van der Waals surface area contributed by atoms with Gasteiger partial charge < -0.3 is 18.9 Å². The molecule has 5 aliphatic heterocycles. The molecule has 11 rings (SSSR count). The Labute approximate surface area is 295 Å². The maximum Gasteiger partial charge on any atom is 0.381 e. The number of para-hydroxylation sites is 1. The molecule has 50 heavy (non-hydrogen) atoms. The Balaban J connectivity index is 1.05. The van der Waals surface area contributed by atoms with Crippen LogP contribution in [0.25, 0.3) is 53.4 Å². The van der Waals surface area contributed by atoms with E-state index in [-0.39, 0.29) is 27.9 Å². The molecule has 0 saturated carbocycles. The van der Waals surface area contributed by atoms with Crippen LogP contribution in [-0.2, 0) is 0 Å². The first kappa shape index (κ1) is 28.1. The Kier molecular flexibility index (Phi) is 6.10. The topological polar surface area (TPSA) is 30.8 Å². The van der Waals surface area contributed by atoms with Crippen molar-refractivity contribution in [3.8, 4) is 5.69 Å². The quantitative estimate of drug-likeness (QED) is 0.176. The fraction of sp³-hybridized carbons (Fsp3) is 0. The number of benzene rings is 3. The Morgan fingerprint density at radius 1 is 0.560 bits per heavy atom. The largest absolute Gasteiger partial charge is 0.423 e. The summed E-state index contributed by atoms with van der Waals surface area (Å²) < 4.78 is 14.8. The van der Waals surface area contributed by atoms with Gasteiger partial charge in [-0.2, -0.15) is 0 Å². The molecule has 0 atom stereocenters. The third-order valence-corrected chi connectivity index (χ3v) is 11.9. The standard InChI is InChI=1S/C39H28B4N6S/c1-2-15-36-32(11-1)34-14-10-22-44-39(34)49(36)30-16-17-37-35(27-30)33-13-9-12-31(38(33)50-37)29-18-26-48-42-21-4-7-24-46(42)40-19-3-6-23-45(40)41-20-5-8-25-47(41)43(48)28-29/h1-28H. The fourth-order valence-electron chi connectivity index (χ4n) is 8.43. The fourth-order valence-corrected chi connectivity index (χ4v) is 9.64. The summed E-state index contributed by atoms with van der Waals surface area (Å²) >= 11 is 1.88. The van der Waals surface area contributed by atoms with Crippen LogP contribution in [-0.4, -0.2) is 56.4 Å². The first-order chi connectivity index (χ1) is 24.8. The summed E-state index contributed by atoms with van der Waals surface area (Å²) in [5.41, 5.74) is 5.80. The zero-order chi connectivity index (χ0) is 32.8. The summed E-state index contributed by atoms with van der Waals surface area (Å²) in [6.45, 7) is 0.239. The van der Waals surface area contributed by atoms with Crippen LogP contribution in [0.5, 0.6) is 0 Å². The third kappa shape index (κ3) is 4.04. The number of allylic oxidation sites excluding steroid dienone is 8. The van der Waals surface area contributed by atoms with Gasteiger partial charge in [0, 0.05) is 42.8 Å². The van der Waals surface area contributed by atoms with Gasteiger partial charge in [0.2, 0.25) is 0 Å². The van der Waals surface area contributed by atoms with Crippen molar-refractivity contribution in [1.82, 2.24) is 28.4 Å². The molecule has 0 radical (unpaired) electrons. The first-order valence-corrected chi connectivity index (χ1v) is 18.0. The Morgan fingerprint density at radius 2 is 1.24 bits per heavy atom. The second-order valence-corrected chi connectivity index (χ2v) is 14.3. The van der Waals surface area contributed by atoms with Crippen molar-refractivity contribution in [2.45, 2.75) is 0 Å². The van der Waals surface area contributed by atoms with E-state index in [2.05, 4.69) is 181 Å². The van der Waals surface area contributed by atoms with Crippen molar-refractivity contribution >= 4 is 86.9 Å². The maximum atomic E-state index is 4.83. The van der Waals surface area contributed by atoms with Gasteiger partial charge in [-0.15, -0.1) is 11.3 Å². The third-order valence-electron chi connectivity index (χ3n) is 10.6. The summed E-state index contributed by atoms with van der Waals surface area (Å²) in [6, 6.07) is 26.5. The summed E-state index contributed by atoms with van der Waals surface area (Å²) in [5.74, 6) is 9.36. The molecule has 5 aliphatic rings. The zero-order valence-electron chi connectivity index (χ0n) is 27.1. The highest BCUT2D eigenvalue weighted by molar-refractivity contribution is 7.26. The van der Waals surface area contributed by atoms with E-state index in [1.165, 1.54) is 47.6 Å². The monoisotopic (exact) mass is 656 g/mol. The van der Waals surface area contributed by atoms with Crippen LogP contribution in [0, 0.1) is 0 Å². The van der Waals surface area contributed by atoms with Crippen LogP contribution < -0.4 is 0 Å². The Morgan fingerprint density at radius 3 is 2.02 bits per heavy atom. The van der Waals surface area contributed by atoms with Gasteiger partial charge in [-0.3, -0.25) is 4.57 Å². The number of nitrogens with zero attached hydrogens (tertiary/aromatic N) is 6. The van der Waals surface area contributed by atoms with E-state index in [1.807, 2.05) is 23.6 Å². The van der Waals surface area contributed by atoms with Crippen molar-refractivity contribution in [3.63, 3.8) is 0 Å². The highest BCUT2D eigenvalue weighted by Crippen LogP contribution is 2.42. The number of pyridine rings is 1. The minimum absolute atomic E-state index is 0.00384. The van der Waals surface area contributed by atoms with E-state index in [0.717, 1.165) is 11.3 Å². The second kappa shape index (κ2) is 10.9. The average Bonchev–Trinajstić information content (AvgIpc) is 3.73. The number of fused-ring (bicyclic) bond motifs is 14. The molecule has 8 heterocycles. The summed E-state index contributed by atoms with van der Waals surface area (Å²) in [6.07, 6.45) is 26.2. The molecule has 6 aromatic rings. The molecule has 0 N–H and O–H groups in total. The second-order valence-electron chi connectivity index (χ2n) is 13.3. The molecule has 0 unspecified atom stereocenters. The highest BCUT2D eigenvalue weighted by atomic mass is 32.1. The lowest BCUT2D eigenvalue weighted by atomic mass is 9.41. The average molecular weight is 656 g/mol. The van der Waals surface area contributed by atoms with E-state index in [9.17, 15) is 0 Å². The van der Waals surface area contributed by atoms with Crippen LogP contribution in [0.1, 0.15) is 5.56 Å². The number of hydrogen-bond acceptors (Lipinski definition) is 6. The molecule has 1 fully saturated rings. The molecule has 0 aliphatic carbocycles. The Bertz CT molecular complexity index is 2560. The number of rotatable bonds is 2. The molecule has 3 aromatic heterocycles. The number of aromatic nitrogens is 2. The highest BCUT2D eigenvalue weighted by Gasteiger charge is 2.49. The van der Waals surface area contributed by atoms with Crippen LogP contribution >= 0.6 is 11.3 Å². The minimum atomic E-state index is 0.00384. The summed E-state index contributed by atoms with van der Waals surface area (Å²) in [4.78, 5) is 4.83. The summed E-state index contributed by atoms with van der Waals surface area (Å²) in [5, 5.41) is 4.95. The molecular formula is C39H28B4N6S. The first-order valence-electron chi connectivity index (χ1n) is 17.2. The van der Waals surface area contributed by atoms with Crippen molar-refractivity contribution in [1.29, 1.82) is 0 Å². The van der Waals surface area contributed by atoms with Gasteiger partial charge in [-0.25, -0.2) is 4.98 Å². The van der Waals surface area contributed by atoms with Crippen LogP contribution in [0.3, 0.4) is 0 Å². The smallest absolute Gasteiger partial charge is 0.381 e. The van der Waals surface area contributed by atoms with Crippen LogP contribution in [0.15, 0.2) is 170 Å². The predicted molar refractivity (Wildman–Crippen MR) is 214 cm³/mol. The molecule has 0 bridgehead atoms. The van der Waals surface area contributed by atoms with Crippen molar-refractivity contribution in [2.24, 2.45) is 0 Å². The molecule has 3 aromatic carbocycles. The summed E-state index contributed by atoms with van der Waals surface area (Å²) in [7, 11) is 0. The molecule has 0 amide bonds. The van der Waals surface area contributed by atoms with Crippen molar-refractivity contribution in [2.75, 3.05) is 0 Å². The van der Waals surface area contributed by atoms with Gasteiger partial charge in [0.05, 0.1) is 5.52 Å². The Hall–Kier alpha value is -5.79. The number of thiophene rings is 1. The molecule has 232 valence electrons. The van der Waals surface area contributed by atoms with E-state index in [0.29, 0.717) is 0 Å².